The lowest BCUT2D eigenvalue weighted by molar-refractivity contribution is -0.138. The normalized spacial score (nSPS) is 13.0. The topological polar surface area (TPSA) is 104 Å². The molecule has 0 saturated carbocycles. The minimum atomic E-state index is -0.960. The second kappa shape index (κ2) is 9.16. The Morgan fingerprint density at radius 1 is 1.22 bits per heavy atom. The molecule has 0 aliphatic carbocycles. The fourth-order valence-corrected chi connectivity index (χ4v) is 2.89. The molecule has 1 aliphatic rings. The zero-order chi connectivity index (χ0) is 20.0. The number of Topliss-reactive ketones (excluding diaryl/α,β-unsaturated/α-hetero) is 1. The Balaban J connectivity index is 2.11. The molecule has 1 aromatic carbocycles. The Kier molecular flexibility index (Phi) is 6.92. The SMILES string of the molecule is CCCN(CCC(=O)O)C(=O)CCN1C(=O)COc2ccc(C(C)=O)cc21. The van der Waals surface area contributed by atoms with Gasteiger partial charge < -0.3 is 19.6 Å². The Morgan fingerprint density at radius 2 is 1.96 bits per heavy atom. The standard InChI is InChI=1S/C19H24N2O6/c1-3-8-20(9-7-19(25)26)17(23)6-10-21-15-11-14(13(2)22)4-5-16(15)27-12-18(21)24/h4-5,11H,3,6-10,12H2,1-2H3,(H,25,26). The molecule has 0 aromatic heterocycles. The van der Waals surface area contributed by atoms with Crippen molar-refractivity contribution >= 4 is 29.3 Å². The van der Waals surface area contributed by atoms with Gasteiger partial charge in [0.1, 0.15) is 5.75 Å². The highest BCUT2D eigenvalue weighted by Crippen LogP contribution is 2.33. The second-order valence-electron chi connectivity index (χ2n) is 6.35. The van der Waals surface area contributed by atoms with Crippen molar-refractivity contribution in [2.45, 2.75) is 33.1 Å². The summed E-state index contributed by atoms with van der Waals surface area (Å²) >= 11 is 0. The number of anilines is 1. The number of carbonyl (C=O) groups excluding carboxylic acids is 3. The van der Waals surface area contributed by atoms with E-state index >= 15 is 0 Å². The fourth-order valence-electron chi connectivity index (χ4n) is 2.89. The van der Waals surface area contributed by atoms with E-state index in [1.165, 1.54) is 16.7 Å². The monoisotopic (exact) mass is 376 g/mol. The number of ketones is 1. The van der Waals surface area contributed by atoms with Gasteiger partial charge >= 0.3 is 5.97 Å². The summed E-state index contributed by atoms with van der Waals surface area (Å²) in [6.07, 6.45) is 0.661. The number of amides is 2. The molecule has 2 rings (SSSR count). The minimum Gasteiger partial charge on any atom is -0.482 e. The van der Waals surface area contributed by atoms with Crippen LogP contribution in [0, 0.1) is 0 Å². The second-order valence-corrected chi connectivity index (χ2v) is 6.35. The largest absolute Gasteiger partial charge is 0.482 e. The van der Waals surface area contributed by atoms with E-state index in [1.54, 1.807) is 18.2 Å². The summed E-state index contributed by atoms with van der Waals surface area (Å²) in [5.41, 5.74) is 0.928. The van der Waals surface area contributed by atoms with E-state index in [9.17, 15) is 19.2 Å². The lowest BCUT2D eigenvalue weighted by Gasteiger charge is -2.30. The molecule has 0 fully saturated rings. The van der Waals surface area contributed by atoms with Crippen LogP contribution in [-0.4, -0.2) is 59.8 Å². The number of carbonyl (C=O) groups is 4. The van der Waals surface area contributed by atoms with Crippen LogP contribution in [0.25, 0.3) is 0 Å². The summed E-state index contributed by atoms with van der Waals surface area (Å²) in [6.45, 7) is 3.97. The van der Waals surface area contributed by atoms with Gasteiger partial charge in [0.05, 0.1) is 12.1 Å². The van der Waals surface area contributed by atoms with Crippen molar-refractivity contribution in [2.75, 3.05) is 31.1 Å². The number of carboxylic acid groups (broad SMARTS) is 1. The van der Waals surface area contributed by atoms with Crippen LogP contribution in [0.5, 0.6) is 5.75 Å². The van der Waals surface area contributed by atoms with Crippen molar-refractivity contribution in [3.05, 3.63) is 23.8 Å². The Hall–Kier alpha value is -2.90. The van der Waals surface area contributed by atoms with E-state index < -0.39 is 5.97 Å². The number of hydrogen-bond acceptors (Lipinski definition) is 5. The lowest BCUT2D eigenvalue weighted by atomic mass is 10.1. The maximum atomic E-state index is 12.5. The maximum Gasteiger partial charge on any atom is 0.305 e. The zero-order valence-corrected chi connectivity index (χ0v) is 15.6. The third kappa shape index (κ3) is 5.29. The van der Waals surface area contributed by atoms with Crippen LogP contribution in [0.2, 0.25) is 0 Å². The third-order valence-corrected chi connectivity index (χ3v) is 4.30. The highest BCUT2D eigenvalue weighted by Gasteiger charge is 2.27. The van der Waals surface area contributed by atoms with Gasteiger partial charge in [-0.25, -0.2) is 0 Å². The molecule has 8 heteroatoms. The molecule has 1 aliphatic heterocycles. The molecule has 146 valence electrons. The first-order chi connectivity index (χ1) is 12.8. The molecule has 1 aromatic rings. The predicted octanol–water partition coefficient (Wildman–Crippen LogP) is 1.72. The van der Waals surface area contributed by atoms with Crippen LogP contribution in [0.15, 0.2) is 18.2 Å². The number of carboxylic acids is 1. The Morgan fingerprint density at radius 3 is 2.59 bits per heavy atom. The third-order valence-electron chi connectivity index (χ3n) is 4.30. The molecule has 1 heterocycles. The van der Waals surface area contributed by atoms with E-state index in [0.29, 0.717) is 30.0 Å². The van der Waals surface area contributed by atoms with Gasteiger partial charge in [-0.1, -0.05) is 6.92 Å². The summed E-state index contributed by atoms with van der Waals surface area (Å²) in [4.78, 5) is 50.1. The van der Waals surface area contributed by atoms with E-state index in [1.807, 2.05) is 6.92 Å². The van der Waals surface area contributed by atoms with E-state index in [-0.39, 0.29) is 50.1 Å². The molecule has 0 bridgehead atoms. The molecular weight excluding hydrogens is 352 g/mol. The van der Waals surface area contributed by atoms with Crippen LogP contribution < -0.4 is 9.64 Å². The number of ether oxygens (including phenoxy) is 1. The highest BCUT2D eigenvalue weighted by molar-refractivity contribution is 6.01. The Bertz CT molecular complexity index is 746. The smallest absolute Gasteiger partial charge is 0.305 e. The summed E-state index contributed by atoms with van der Waals surface area (Å²) in [6, 6.07) is 4.87. The molecule has 0 unspecified atom stereocenters. The number of hydrogen-bond donors (Lipinski definition) is 1. The van der Waals surface area contributed by atoms with Gasteiger partial charge in [0, 0.05) is 31.6 Å². The van der Waals surface area contributed by atoms with Crippen LogP contribution in [0.1, 0.15) is 43.5 Å². The van der Waals surface area contributed by atoms with Crippen LogP contribution in [0.4, 0.5) is 5.69 Å². The molecule has 8 nitrogen and oxygen atoms in total. The number of benzene rings is 1. The van der Waals surface area contributed by atoms with Crippen molar-refractivity contribution < 1.29 is 29.0 Å². The predicted molar refractivity (Wildman–Crippen MR) is 98.0 cm³/mol. The molecular formula is C19H24N2O6. The van der Waals surface area contributed by atoms with E-state index in [4.69, 9.17) is 9.84 Å². The quantitative estimate of drug-likeness (QED) is 0.658. The molecule has 0 atom stereocenters. The van der Waals surface area contributed by atoms with Gasteiger partial charge in [-0.15, -0.1) is 0 Å². The van der Waals surface area contributed by atoms with Gasteiger partial charge in [0.2, 0.25) is 5.91 Å². The molecule has 1 N–H and O–H groups in total. The molecule has 0 saturated heterocycles. The minimum absolute atomic E-state index is 0.0646. The van der Waals surface area contributed by atoms with Crippen molar-refractivity contribution in [1.82, 2.24) is 4.90 Å². The van der Waals surface area contributed by atoms with Crippen LogP contribution >= 0.6 is 0 Å². The van der Waals surface area contributed by atoms with Gasteiger partial charge in [0.25, 0.3) is 5.91 Å². The number of aliphatic carboxylic acids is 1. The van der Waals surface area contributed by atoms with Crippen LogP contribution in [0.3, 0.4) is 0 Å². The summed E-state index contributed by atoms with van der Waals surface area (Å²) in [7, 11) is 0. The van der Waals surface area contributed by atoms with Crippen molar-refractivity contribution in [1.29, 1.82) is 0 Å². The highest BCUT2D eigenvalue weighted by atomic mass is 16.5. The first kappa shape index (κ1) is 20.4. The number of rotatable bonds is 9. The van der Waals surface area contributed by atoms with Gasteiger partial charge in [0.15, 0.2) is 12.4 Å². The molecule has 0 spiro atoms. The maximum absolute atomic E-state index is 12.5. The summed E-state index contributed by atoms with van der Waals surface area (Å²) < 4.78 is 5.40. The molecule has 2 amide bonds. The summed E-state index contributed by atoms with van der Waals surface area (Å²) in [5.74, 6) is -1.10. The average molecular weight is 376 g/mol. The van der Waals surface area contributed by atoms with Crippen molar-refractivity contribution in [2.24, 2.45) is 0 Å². The van der Waals surface area contributed by atoms with Crippen molar-refractivity contribution in [3.8, 4) is 5.75 Å². The fraction of sp³-hybridized carbons (Fsp3) is 0.474. The summed E-state index contributed by atoms with van der Waals surface area (Å²) in [5, 5.41) is 8.83. The van der Waals surface area contributed by atoms with E-state index in [2.05, 4.69) is 0 Å². The zero-order valence-electron chi connectivity index (χ0n) is 15.6. The van der Waals surface area contributed by atoms with Crippen LogP contribution in [-0.2, 0) is 14.4 Å². The first-order valence-corrected chi connectivity index (χ1v) is 8.91. The first-order valence-electron chi connectivity index (χ1n) is 8.91. The number of fused-ring (bicyclic) bond motifs is 1. The van der Waals surface area contributed by atoms with E-state index in [0.717, 1.165) is 0 Å². The number of nitrogens with zero attached hydrogens (tertiary/aromatic N) is 2. The average Bonchev–Trinajstić information content (AvgIpc) is 2.63. The van der Waals surface area contributed by atoms with Gasteiger partial charge in [-0.3, -0.25) is 19.2 Å². The lowest BCUT2D eigenvalue weighted by Crippen LogP contribution is -2.42. The molecule has 27 heavy (non-hydrogen) atoms. The molecule has 0 radical (unpaired) electrons. The van der Waals surface area contributed by atoms with Gasteiger partial charge in [-0.2, -0.15) is 0 Å². The van der Waals surface area contributed by atoms with Gasteiger partial charge in [-0.05, 0) is 31.5 Å². The Labute approximate surface area is 157 Å². The van der Waals surface area contributed by atoms with Crippen molar-refractivity contribution in [3.63, 3.8) is 0 Å².